The van der Waals surface area contributed by atoms with Crippen LogP contribution in [-0.4, -0.2) is 18.1 Å². The minimum absolute atomic E-state index is 0.0412. The van der Waals surface area contributed by atoms with Gasteiger partial charge in [0.1, 0.15) is 5.75 Å². The van der Waals surface area contributed by atoms with Crippen molar-refractivity contribution >= 4 is 5.91 Å². The zero-order chi connectivity index (χ0) is 16.7. The lowest BCUT2D eigenvalue weighted by molar-refractivity contribution is 0.0932. The molecular formula is C20H25NO2. The third-order valence-corrected chi connectivity index (χ3v) is 3.58. The van der Waals surface area contributed by atoms with Crippen LogP contribution in [-0.2, 0) is 6.42 Å². The van der Waals surface area contributed by atoms with Gasteiger partial charge in [-0.2, -0.15) is 0 Å². The fourth-order valence-corrected chi connectivity index (χ4v) is 2.41. The Kier molecular flexibility index (Phi) is 6.21. The summed E-state index contributed by atoms with van der Waals surface area (Å²) in [6.07, 6.45) is 1.90. The average molecular weight is 311 g/mol. The molecular weight excluding hydrogens is 286 g/mol. The maximum Gasteiger partial charge on any atom is 0.255 e. The van der Waals surface area contributed by atoms with Crippen LogP contribution < -0.4 is 10.1 Å². The van der Waals surface area contributed by atoms with Crippen LogP contribution in [0.5, 0.6) is 5.75 Å². The van der Waals surface area contributed by atoms with Gasteiger partial charge in [-0.3, -0.25) is 4.79 Å². The highest BCUT2D eigenvalue weighted by Crippen LogP contribution is 2.19. The van der Waals surface area contributed by atoms with E-state index in [1.165, 1.54) is 5.56 Å². The van der Waals surface area contributed by atoms with Crippen molar-refractivity contribution in [3.05, 3.63) is 65.7 Å². The summed E-state index contributed by atoms with van der Waals surface area (Å²) in [4.78, 5) is 12.5. The molecule has 0 heterocycles. The molecule has 0 aliphatic heterocycles. The van der Waals surface area contributed by atoms with E-state index in [-0.39, 0.29) is 18.1 Å². The second-order valence-corrected chi connectivity index (χ2v) is 6.06. The number of carbonyl (C=O) groups is 1. The first-order chi connectivity index (χ1) is 11.1. The Hall–Kier alpha value is -2.29. The lowest BCUT2D eigenvalue weighted by atomic mass is 10.1. The van der Waals surface area contributed by atoms with E-state index in [0.717, 1.165) is 12.8 Å². The van der Waals surface area contributed by atoms with Gasteiger partial charge in [-0.1, -0.05) is 42.5 Å². The van der Waals surface area contributed by atoms with Crippen LogP contribution in [0.25, 0.3) is 0 Å². The number of hydrogen-bond donors (Lipinski definition) is 1. The van der Waals surface area contributed by atoms with Crippen LogP contribution in [0.1, 0.15) is 43.1 Å². The van der Waals surface area contributed by atoms with Crippen LogP contribution in [0.3, 0.4) is 0 Å². The number of benzene rings is 2. The molecule has 0 unspecified atom stereocenters. The van der Waals surface area contributed by atoms with Gasteiger partial charge >= 0.3 is 0 Å². The SMILES string of the molecule is CC(C)Oc1ccccc1C(=O)N[C@@H](C)CCc1ccccc1. The van der Waals surface area contributed by atoms with E-state index < -0.39 is 0 Å². The number of nitrogens with one attached hydrogen (secondary N) is 1. The number of aryl methyl sites for hydroxylation is 1. The molecule has 0 aliphatic rings. The Bertz CT molecular complexity index is 623. The topological polar surface area (TPSA) is 38.3 Å². The maximum atomic E-state index is 12.5. The second kappa shape index (κ2) is 8.37. The minimum Gasteiger partial charge on any atom is -0.490 e. The van der Waals surface area contributed by atoms with Crippen LogP contribution >= 0.6 is 0 Å². The van der Waals surface area contributed by atoms with Crippen molar-refractivity contribution in [3.8, 4) is 5.75 Å². The van der Waals surface area contributed by atoms with E-state index in [4.69, 9.17) is 4.74 Å². The van der Waals surface area contributed by atoms with E-state index >= 15 is 0 Å². The molecule has 0 fully saturated rings. The molecule has 0 spiro atoms. The van der Waals surface area contributed by atoms with Crippen molar-refractivity contribution in [1.29, 1.82) is 0 Å². The van der Waals surface area contributed by atoms with Gasteiger partial charge < -0.3 is 10.1 Å². The van der Waals surface area contributed by atoms with Gasteiger partial charge in [-0.05, 0) is 51.3 Å². The van der Waals surface area contributed by atoms with Crippen molar-refractivity contribution in [2.24, 2.45) is 0 Å². The summed E-state index contributed by atoms with van der Waals surface area (Å²) in [6.45, 7) is 5.95. The summed E-state index contributed by atoms with van der Waals surface area (Å²) in [6, 6.07) is 17.8. The summed E-state index contributed by atoms with van der Waals surface area (Å²) in [5.41, 5.74) is 1.88. The average Bonchev–Trinajstić information content (AvgIpc) is 2.54. The third-order valence-electron chi connectivity index (χ3n) is 3.58. The normalized spacial score (nSPS) is 12.0. The lowest BCUT2D eigenvalue weighted by Gasteiger charge is -2.17. The molecule has 2 aromatic rings. The molecule has 3 heteroatoms. The molecule has 122 valence electrons. The van der Waals surface area contributed by atoms with Crippen LogP contribution in [0.15, 0.2) is 54.6 Å². The zero-order valence-electron chi connectivity index (χ0n) is 14.1. The van der Waals surface area contributed by atoms with E-state index in [9.17, 15) is 4.79 Å². The summed E-state index contributed by atoms with van der Waals surface area (Å²) in [5, 5.41) is 3.06. The number of ether oxygens (including phenoxy) is 1. The molecule has 3 nitrogen and oxygen atoms in total. The first kappa shape index (κ1) is 17.1. The summed E-state index contributed by atoms with van der Waals surface area (Å²) < 4.78 is 5.72. The Labute approximate surface area is 138 Å². The fraction of sp³-hybridized carbons (Fsp3) is 0.350. The highest BCUT2D eigenvalue weighted by atomic mass is 16.5. The molecule has 0 radical (unpaired) electrons. The van der Waals surface area contributed by atoms with E-state index in [1.807, 2.05) is 57.2 Å². The summed E-state index contributed by atoms with van der Waals surface area (Å²) in [5.74, 6) is 0.553. The van der Waals surface area contributed by atoms with E-state index in [1.54, 1.807) is 6.07 Å². The maximum absolute atomic E-state index is 12.5. The number of carbonyl (C=O) groups excluding carboxylic acids is 1. The minimum atomic E-state index is -0.0817. The van der Waals surface area contributed by atoms with Crippen LogP contribution in [0.4, 0.5) is 0 Å². The molecule has 0 aliphatic carbocycles. The van der Waals surface area contributed by atoms with Gasteiger partial charge in [-0.15, -0.1) is 0 Å². The van der Waals surface area contributed by atoms with Gasteiger partial charge in [0.05, 0.1) is 11.7 Å². The first-order valence-electron chi connectivity index (χ1n) is 8.16. The van der Waals surface area contributed by atoms with Gasteiger partial charge in [0.15, 0.2) is 0 Å². The number of hydrogen-bond acceptors (Lipinski definition) is 2. The largest absolute Gasteiger partial charge is 0.490 e. The molecule has 0 saturated carbocycles. The molecule has 23 heavy (non-hydrogen) atoms. The standard InChI is InChI=1S/C20H25NO2/c1-15(2)23-19-12-8-7-11-18(19)20(22)21-16(3)13-14-17-9-5-4-6-10-17/h4-12,15-16H,13-14H2,1-3H3,(H,21,22)/t16-/m0/s1. The Balaban J connectivity index is 1.93. The summed E-state index contributed by atoms with van der Waals surface area (Å²) in [7, 11) is 0. The summed E-state index contributed by atoms with van der Waals surface area (Å²) >= 11 is 0. The van der Waals surface area contributed by atoms with E-state index in [0.29, 0.717) is 11.3 Å². The zero-order valence-corrected chi connectivity index (χ0v) is 14.1. The van der Waals surface area contributed by atoms with Crippen molar-refractivity contribution in [2.75, 3.05) is 0 Å². The molecule has 1 N–H and O–H groups in total. The molecule has 1 amide bonds. The lowest BCUT2D eigenvalue weighted by Crippen LogP contribution is -2.33. The van der Waals surface area contributed by atoms with Gasteiger partial charge in [-0.25, -0.2) is 0 Å². The third kappa shape index (κ3) is 5.44. The van der Waals surface area contributed by atoms with Gasteiger partial charge in [0, 0.05) is 6.04 Å². The molecule has 0 bridgehead atoms. The highest BCUT2D eigenvalue weighted by molar-refractivity contribution is 5.97. The predicted molar refractivity (Wildman–Crippen MR) is 93.9 cm³/mol. The quantitative estimate of drug-likeness (QED) is 0.831. The van der Waals surface area contributed by atoms with Crippen LogP contribution in [0.2, 0.25) is 0 Å². The fourth-order valence-electron chi connectivity index (χ4n) is 2.41. The van der Waals surface area contributed by atoms with Gasteiger partial charge in [0.2, 0.25) is 0 Å². The predicted octanol–water partition coefficient (Wildman–Crippen LogP) is 4.22. The van der Waals surface area contributed by atoms with E-state index in [2.05, 4.69) is 17.4 Å². The molecule has 2 rings (SSSR count). The Morgan fingerprint density at radius 2 is 1.65 bits per heavy atom. The van der Waals surface area contributed by atoms with Crippen molar-refractivity contribution in [2.45, 2.75) is 45.8 Å². The van der Waals surface area contributed by atoms with Crippen LogP contribution in [0, 0.1) is 0 Å². The van der Waals surface area contributed by atoms with Crippen molar-refractivity contribution < 1.29 is 9.53 Å². The Morgan fingerprint density at radius 1 is 1.00 bits per heavy atom. The van der Waals surface area contributed by atoms with Gasteiger partial charge in [0.25, 0.3) is 5.91 Å². The monoisotopic (exact) mass is 311 g/mol. The smallest absolute Gasteiger partial charge is 0.255 e. The molecule has 2 aromatic carbocycles. The van der Waals surface area contributed by atoms with Crippen molar-refractivity contribution in [1.82, 2.24) is 5.32 Å². The first-order valence-corrected chi connectivity index (χ1v) is 8.16. The highest BCUT2D eigenvalue weighted by Gasteiger charge is 2.15. The number of rotatable bonds is 7. The Morgan fingerprint density at radius 3 is 2.35 bits per heavy atom. The molecule has 0 aromatic heterocycles. The molecule has 0 saturated heterocycles. The number of amides is 1. The van der Waals surface area contributed by atoms with Crippen molar-refractivity contribution in [3.63, 3.8) is 0 Å². The molecule has 1 atom stereocenters. The second-order valence-electron chi connectivity index (χ2n) is 6.06. The number of para-hydroxylation sites is 1.